The van der Waals surface area contributed by atoms with Crippen LogP contribution in [0.25, 0.3) is 0 Å². The van der Waals surface area contributed by atoms with Crippen LogP contribution in [-0.2, 0) is 11.3 Å². The van der Waals surface area contributed by atoms with Crippen LogP contribution in [0, 0.1) is 0 Å². The molecule has 4 nitrogen and oxygen atoms in total. The van der Waals surface area contributed by atoms with Gasteiger partial charge in [0.25, 0.3) is 0 Å². The van der Waals surface area contributed by atoms with Crippen LogP contribution in [0.4, 0.5) is 5.69 Å². The molecule has 0 fully saturated rings. The highest BCUT2D eigenvalue weighted by molar-refractivity contribution is 5.84. The number of nitrogens with two attached hydrogens (primary N) is 1. The number of rotatable bonds is 7. The van der Waals surface area contributed by atoms with Crippen molar-refractivity contribution in [3.05, 3.63) is 29.8 Å². The summed E-state index contributed by atoms with van der Waals surface area (Å²) in [6.45, 7) is 6.64. The number of hydrogen-bond acceptors (Lipinski definition) is 3. The number of amides is 1. The van der Waals surface area contributed by atoms with Crippen molar-refractivity contribution < 1.29 is 4.79 Å². The molecule has 0 radical (unpaired) electrons. The van der Waals surface area contributed by atoms with Crippen LogP contribution in [0.1, 0.15) is 39.2 Å². The van der Waals surface area contributed by atoms with Gasteiger partial charge in [-0.2, -0.15) is 0 Å². The lowest BCUT2D eigenvalue weighted by Gasteiger charge is -2.28. The van der Waals surface area contributed by atoms with Crippen molar-refractivity contribution in [2.24, 2.45) is 5.73 Å². The normalized spacial score (nSPS) is 12.3. The van der Waals surface area contributed by atoms with Gasteiger partial charge in [0.05, 0.1) is 0 Å². The highest BCUT2D eigenvalue weighted by Gasteiger charge is 2.20. The van der Waals surface area contributed by atoms with Gasteiger partial charge in [-0.05, 0) is 37.5 Å². The number of likely N-dealkylation sites (N-methyl/N-ethyl adjacent to an activating group) is 1. The molecule has 0 spiro atoms. The van der Waals surface area contributed by atoms with Crippen molar-refractivity contribution in [2.75, 3.05) is 11.9 Å². The second kappa shape index (κ2) is 7.90. The Hall–Kier alpha value is -1.55. The van der Waals surface area contributed by atoms with Crippen molar-refractivity contribution in [1.82, 2.24) is 5.32 Å². The van der Waals surface area contributed by atoms with Crippen molar-refractivity contribution in [1.29, 1.82) is 0 Å². The number of hydrogen-bond donors (Lipinski definition) is 2. The summed E-state index contributed by atoms with van der Waals surface area (Å²) < 4.78 is 0. The van der Waals surface area contributed by atoms with E-state index in [0.29, 0.717) is 6.54 Å². The molecule has 20 heavy (non-hydrogen) atoms. The molecule has 112 valence electrons. The molecule has 0 aliphatic carbocycles. The summed E-state index contributed by atoms with van der Waals surface area (Å²) in [7, 11) is 1.94. The molecule has 0 saturated heterocycles. The van der Waals surface area contributed by atoms with Crippen LogP contribution >= 0.6 is 0 Å². The van der Waals surface area contributed by atoms with Gasteiger partial charge in [0, 0.05) is 25.3 Å². The van der Waals surface area contributed by atoms with E-state index in [1.54, 1.807) is 0 Å². The van der Waals surface area contributed by atoms with E-state index < -0.39 is 0 Å². The minimum atomic E-state index is -0.195. The minimum absolute atomic E-state index is 0.0732. The Bertz CT molecular complexity index is 412. The smallest absolute Gasteiger partial charge is 0.242 e. The lowest BCUT2D eigenvalue weighted by atomic mass is 10.1. The molecule has 0 bridgehead atoms. The summed E-state index contributed by atoms with van der Waals surface area (Å²) in [5.41, 5.74) is 7.71. The van der Waals surface area contributed by atoms with E-state index in [0.717, 1.165) is 24.1 Å². The number of nitrogens with one attached hydrogen (secondary N) is 1. The minimum Gasteiger partial charge on any atom is -0.363 e. The number of benzene rings is 1. The third kappa shape index (κ3) is 4.23. The summed E-state index contributed by atoms with van der Waals surface area (Å²) >= 11 is 0. The van der Waals surface area contributed by atoms with Gasteiger partial charge in [0.1, 0.15) is 6.04 Å². The zero-order valence-corrected chi connectivity index (χ0v) is 13.0. The molecule has 0 aliphatic rings. The predicted octanol–water partition coefficient (Wildman–Crippen LogP) is 2.27. The SMILES string of the molecule is CCC(CC)NC(=O)C(C)N(C)c1ccc(CN)cc1. The maximum Gasteiger partial charge on any atom is 0.242 e. The van der Waals surface area contributed by atoms with Crippen molar-refractivity contribution in [3.63, 3.8) is 0 Å². The van der Waals surface area contributed by atoms with E-state index in [1.165, 1.54) is 0 Å². The summed E-state index contributed by atoms with van der Waals surface area (Å²) in [6, 6.07) is 8.07. The monoisotopic (exact) mass is 277 g/mol. The van der Waals surface area contributed by atoms with Crippen LogP contribution in [0.3, 0.4) is 0 Å². The summed E-state index contributed by atoms with van der Waals surface area (Å²) in [6.07, 6.45) is 1.92. The van der Waals surface area contributed by atoms with Gasteiger partial charge in [-0.25, -0.2) is 0 Å². The van der Waals surface area contributed by atoms with Crippen molar-refractivity contribution in [3.8, 4) is 0 Å². The van der Waals surface area contributed by atoms with E-state index in [-0.39, 0.29) is 18.0 Å². The summed E-state index contributed by atoms with van der Waals surface area (Å²) in [5.74, 6) is 0.0732. The first-order valence-electron chi connectivity index (χ1n) is 7.35. The molecule has 3 N–H and O–H groups in total. The molecule has 1 aromatic rings. The summed E-state index contributed by atoms with van der Waals surface area (Å²) in [4.78, 5) is 14.2. The van der Waals surface area contributed by atoms with Crippen LogP contribution in [0.15, 0.2) is 24.3 Å². The van der Waals surface area contributed by atoms with Crippen LogP contribution in [-0.4, -0.2) is 25.0 Å². The standard InChI is InChI=1S/C16H27N3O/c1-5-14(6-2)18-16(20)12(3)19(4)15-9-7-13(11-17)8-10-15/h7-10,12,14H,5-6,11,17H2,1-4H3,(H,18,20). The molecule has 1 rings (SSSR count). The number of anilines is 1. The first-order chi connectivity index (χ1) is 9.53. The molecule has 1 aromatic carbocycles. The Balaban J connectivity index is 2.69. The third-order valence-corrected chi connectivity index (χ3v) is 3.87. The van der Waals surface area contributed by atoms with E-state index in [9.17, 15) is 4.79 Å². The Kier molecular flexibility index (Phi) is 6.52. The Morgan fingerprint density at radius 1 is 1.25 bits per heavy atom. The van der Waals surface area contributed by atoms with Crippen LogP contribution in [0.5, 0.6) is 0 Å². The van der Waals surface area contributed by atoms with E-state index >= 15 is 0 Å². The molecule has 4 heteroatoms. The van der Waals surface area contributed by atoms with E-state index in [2.05, 4.69) is 19.2 Å². The summed E-state index contributed by atoms with van der Waals surface area (Å²) in [5, 5.41) is 3.09. The zero-order valence-electron chi connectivity index (χ0n) is 13.0. The first-order valence-corrected chi connectivity index (χ1v) is 7.35. The van der Waals surface area contributed by atoms with Gasteiger partial charge in [0.2, 0.25) is 5.91 Å². The maximum absolute atomic E-state index is 12.2. The zero-order chi connectivity index (χ0) is 15.1. The quantitative estimate of drug-likeness (QED) is 0.804. The Morgan fingerprint density at radius 3 is 2.25 bits per heavy atom. The fourth-order valence-corrected chi connectivity index (χ4v) is 2.08. The molecule has 1 atom stereocenters. The van der Waals surface area contributed by atoms with Gasteiger partial charge in [0.15, 0.2) is 0 Å². The van der Waals surface area contributed by atoms with Crippen LogP contribution < -0.4 is 16.0 Å². The fourth-order valence-electron chi connectivity index (χ4n) is 2.08. The van der Waals surface area contributed by atoms with Gasteiger partial charge in [-0.3, -0.25) is 4.79 Å². The van der Waals surface area contributed by atoms with Crippen molar-refractivity contribution >= 4 is 11.6 Å². The lowest BCUT2D eigenvalue weighted by molar-refractivity contribution is -0.122. The first kappa shape index (κ1) is 16.5. The van der Waals surface area contributed by atoms with Crippen molar-refractivity contribution in [2.45, 2.75) is 52.2 Å². The molecular weight excluding hydrogens is 250 g/mol. The lowest BCUT2D eigenvalue weighted by Crippen LogP contribution is -2.46. The number of carbonyl (C=O) groups excluding carboxylic acids is 1. The second-order valence-corrected chi connectivity index (χ2v) is 5.18. The van der Waals surface area contributed by atoms with Gasteiger partial charge < -0.3 is 16.0 Å². The molecule has 0 aliphatic heterocycles. The van der Waals surface area contributed by atoms with Gasteiger partial charge in [-0.15, -0.1) is 0 Å². The Morgan fingerprint density at radius 2 is 1.80 bits per heavy atom. The fraction of sp³-hybridized carbons (Fsp3) is 0.562. The molecule has 0 saturated carbocycles. The number of nitrogens with zero attached hydrogens (tertiary/aromatic N) is 1. The predicted molar refractivity (Wildman–Crippen MR) is 84.7 cm³/mol. The Labute approximate surface area is 122 Å². The molecule has 0 aromatic heterocycles. The average molecular weight is 277 g/mol. The highest BCUT2D eigenvalue weighted by Crippen LogP contribution is 2.16. The van der Waals surface area contributed by atoms with Gasteiger partial charge >= 0.3 is 0 Å². The molecule has 1 amide bonds. The molecule has 0 heterocycles. The van der Waals surface area contributed by atoms with E-state index in [1.807, 2.05) is 43.1 Å². The van der Waals surface area contributed by atoms with Crippen LogP contribution in [0.2, 0.25) is 0 Å². The average Bonchev–Trinajstić information content (AvgIpc) is 2.50. The molecular formula is C16H27N3O. The largest absolute Gasteiger partial charge is 0.363 e. The van der Waals surface area contributed by atoms with E-state index in [4.69, 9.17) is 5.73 Å². The highest BCUT2D eigenvalue weighted by atomic mass is 16.2. The maximum atomic E-state index is 12.2. The number of carbonyl (C=O) groups is 1. The molecule has 1 unspecified atom stereocenters. The van der Waals surface area contributed by atoms with Gasteiger partial charge in [-0.1, -0.05) is 26.0 Å². The second-order valence-electron chi connectivity index (χ2n) is 5.18. The third-order valence-electron chi connectivity index (χ3n) is 3.87. The topological polar surface area (TPSA) is 58.4 Å².